The topological polar surface area (TPSA) is 26.3 Å². The van der Waals surface area contributed by atoms with Gasteiger partial charge >= 0.3 is 5.97 Å². The summed E-state index contributed by atoms with van der Waals surface area (Å²) < 4.78 is 4.51. The highest BCUT2D eigenvalue weighted by Gasteiger charge is 2.08. The zero-order valence-electron chi connectivity index (χ0n) is 7.01. The fraction of sp³-hybridized carbons (Fsp3) is 0.222. The molecule has 4 heteroatoms. The number of methoxy groups -OCH3 is 1. The Morgan fingerprint density at radius 2 is 2.15 bits per heavy atom. The molecule has 0 aliphatic rings. The second-order valence-electron chi connectivity index (χ2n) is 2.47. The number of ether oxygens (including phenoxy) is 1. The van der Waals surface area contributed by atoms with E-state index in [2.05, 4.69) is 4.74 Å². The molecular formula is C9H8Cl2O2. The molecule has 0 radical (unpaired) electrons. The van der Waals surface area contributed by atoms with Gasteiger partial charge in [-0.3, -0.25) is 4.79 Å². The van der Waals surface area contributed by atoms with Crippen LogP contribution < -0.4 is 0 Å². The molecule has 0 N–H and O–H groups in total. The monoisotopic (exact) mass is 218 g/mol. The third-order valence-corrected chi connectivity index (χ3v) is 2.45. The summed E-state index contributed by atoms with van der Waals surface area (Å²) in [7, 11) is 1.33. The normalized spacial score (nSPS) is 9.77. The van der Waals surface area contributed by atoms with Crippen molar-refractivity contribution in [3.63, 3.8) is 0 Å². The van der Waals surface area contributed by atoms with E-state index in [9.17, 15) is 4.79 Å². The summed E-state index contributed by atoms with van der Waals surface area (Å²) in [6, 6.07) is 5.16. The molecule has 0 fully saturated rings. The molecule has 2 nitrogen and oxygen atoms in total. The number of benzene rings is 1. The molecule has 0 atom stereocenters. The molecule has 0 aromatic heterocycles. The summed E-state index contributed by atoms with van der Waals surface area (Å²) in [5.74, 6) is -0.329. The van der Waals surface area contributed by atoms with Crippen LogP contribution in [-0.4, -0.2) is 13.1 Å². The van der Waals surface area contributed by atoms with E-state index >= 15 is 0 Å². The Labute approximate surface area is 86.4 Å². The Bertz CT molecular complexity index is 323. The lowest BCUT2D eigenvalue weighted by Crippen LogP contribution is -2.04. The van der Waals surface area contributed by atoms with Gasteiger partial charge in [-0.05, 0) is 11.6 Å². The predicted octanol–water partition coefficient (Wildman–Crippen LogP) is 2.71. The maximum Gasteiger partial charge on any atom is 0.310 e. The van der Waals surface area contributed by atoms with Crippen molar-refractivity contribution in [1.82, 2.24) is 0 Å². The molecule has 1 aromatic carbocycles. The van der Waals surface area contributed by atoms with Crippen molar-refractivity contribution in [3.8, 4) is 0 Å². The molecule has 0 spiro atoms. The highest BCUT2D eigenvalue weighted by Crippen LogP contribution is 2.25. The van der Waals surface area contributed by atoms with Gasteiger partial charge in [0.1, 0.15) is 0 Å². The van der Waals surface area contributed by atoms with Crippen molar-refractivity contribution in [2.75, 3.05) is 7.11 Å². The van der Waals surface area contributed by atoms with Crippen molar-refractivity contribution in [2.24, 2.45) is 0 Å². The van der Waals surface area contributed by atoms with Crippen molar-refractivity contribution >= 4 is 29.2 Å². The molecule has 0 saturated carbocycles. The second-order valence-corrected chi connectivity index (χ2v) is 3.25. The Morgan fingerprint density at radius 3 is 2.77 bits per heavy atom. The molecule has 0 aliphatic heterocycles. The third-order valence-electron chi connectivity index (χ3n) is 1.59. The first-order chi connectivity index (χ1) is 6.15. The van der Waals surface area contributed by atoms with E-state index in [0.717, 1.165) is 0 Å². The number of esters is 1. The minimum absolute atomic E-state index is 0.149. The van der Waals surface area contributed by atoms with E-state index in [-0.39, 0.29) is 12.4 Å². The first kappa shape index (κ1) is 10.4. The molecule has 70 valence electrons. The van der Waals surface area contributed by atoms with Crippen LogP contribution in [0.15, 0.2) is 18.2 Å². The van der Waals surface area contributed by atoms with Crippen LogP contribution in [-0.2, 0) is 16.0 Å². The van der Waals surface area contributed by atoms with Crippen LogP contribution in [0.25, 0.3) is 0 Å². The van der Waals surface area contributed by atoms with E-state index in [0.29, 0.717) is 15.6 Å². The lowest BCUT2D eigenvalue weighted by molar-refractivity contribution is -0.139. The largest absolute Gasteiger partial charge is 0.469 e. The molecule has 0 unspecified atom stereocenters. The van der Waals surface area contributed by atoms with Crippen molar-refractivity contribution in [2.45, 2.75) is 6.42 Å². The van der Waals surface area contributed by atoms with Gasteiger partial charge in [-0.2, -0.15) is 0 Å². The zero-order valence-corrected chi connectivity index (χ0v) is 8.52. The SMILES string of the molecule is COC(=O)Cc1cccc(Cl)c1Cl. The molecule has 1 aromatic rings. The predicted molar refractivity (Wildman–Crippen MR) is 52.2 cm³/mol. The summed E-state index contributed by atoms with van der Waals surface area (Å²) in [5, 5.41) is 0.859. The summed E-state index contributed by atoms with van der Waals surface area (Å²) >= 11 is 11.6. The van der Waals surface area contributed by atoms with Crippen LogP contribution in [0.1, 0.15) is 5.56 Å². The molecule has 0 aliphatic carbocycles. The quantitative estimate of drug-likeness (QED) is 0.714. The number of hydrogen-bond donors (Lipinski definition) is 0. The maximum atomic E-state index is 10.9. The first-order valence-corrected chi connectivity index (χ1v) is 4.40. The highest BCUT2D eigenvalue weighted by molar-refractivity contribution is 6.42. The van der Waals surface area contributed by atoms with E-state index < -0.39 is 0 Å². The Morgan fingerprint density at radius 1 is 1.46 bits per heavy atom. The van der Waals surface area contributed by atoms with E-state index in [1.165, 1.54) is 7.11 Å². The van der Waals surface area contributed by atoms with Gasteiger partial charge < -0.3 is 4.74 Å². The maximum absolute atomic E-state index is 10.9. The van der Waals surface area contributed by atoms with Crippen molar-refractivity contribution in [3.05, 3.63) is 33.8 Å². The van der Waals surface area contributed by atoms with Gasteiger partial charge in [-0.15, -0.1) is 0 Å². The van der Waals surface area contributed by atoms with Gasteiger partial charge in [0, 0.05) is 0 Å². The summed E-state index contributed by atoms with van der Waals surface area (Å²) in [4.78, 5) is 10.9. The van der Waals surface area contributed by atoms with Crippen molar-refractivity contribution in [1.29, 1.82) is 0 Å². The lowest BCUT2D eigenvalue weighted by Gasteiger charge is -2.03. The summed E-state index contributed by atoms with van der Waals surface area (Å²) in [6.07, 6.45) is 0.149. The van der Waals surface area contributed by atoms with Crippen LogP contribution in [0.4, 0.5) is 0 Å². The van der Waals surface area contributed by atoms with Gasteiger partial charge in [0.05, 0.1) is 23.6 Å². The molecular weight excluding hydrogens is 211 g/mol. The summed E-state index contributed by atoms with van der Waals surface area (Å²) in [5.41, 5.74) is 0.681. The minimum Gasteiger partial charge on any atom is -0.469 e. The molecule has 0 heterocycles. The minimum atomic E-state index is -0.329. The number of carbonyl (C=O) groups excluding carboxylic acids is 1. The fourth-order valence-electron chi connectivity index (χ4n) is 0.913. The standard InChI is InChI=1S/C9H8Cl2O2/c1-13-8(12)5-6-3-2-4-7(10)9(6)11/h2-4H,5H2,1H3. The fourth-order valence-corrected chi connectivity index (χ4v) is 1.30. The van der Waals surface area contributed by atoms with Gasteiger partial charge in [0.2, 0.25) is 0 Å². The lowest BCUT2D eigenvalue weighted by atomic mass is 10.1. The average Bonchev–Trinajstić information content (AvgIpc) is 2.13. The number of hydrogen-bond acceptors (Lipinski definition) is 2. The highest BCUT2D eigenvalue weighted by atomic mass is 35.5. The van der Waals surface area contributed by atoms with Crippen LogP contribution in [0.2, 0.25) is 10.0 Å². The zero-order chi connectivity index (χ0) is 9.84. The van der Waals surface area contributed by atoms with Gasteiger partial charge in [-0.25, -0.2) is 0 Å². The van der Waals surface area contributed by atoms with Crippen LogP contribution >= 0.6 is 23.2 Å². The van der Waals surface area contributed by atoms with Crippen molar-refractivity contribution < 1.29 is 9.53 Å². The van der Waals surface area contributed by atoms with Crippen LogP contribution in [0.3, 0.4) is 0 Å². The number of carbonyl (C=O) groups is 1. The molecule has 1 rings (SSSR count). The molecule has 0 bridgehead atoms. The smallest absolute Gasteiger partial charge is 0.310 e. The Hall–Kier alpha value is -0.730. The Balaban J connectivity index is 2.89. The van der Waals surface area contributed by atoms with Gasteiger partial charge in [-0.1, -0.05) is 35.3 Å². The Kier molecular flexibility index (Phi) is 3.58. The third kappa shape index (κ3) is 2.61. The van der Waals surface area contributed by atoms with Crippen LogP contribution in [0, 0.1) is 0 Å². The van der Waals surface area contributed by atoms with Gasteiger partial charge in [0.15, 0.2) is 0 Å². The van der Waals surface area contributed by atoms with Gasteiger partial charge in [0.25, 0.3) is 0 Å². The average molecular weight is 219 g/mol. The van der Waals surface area contributed by atoms with E-state index in [4.69, 9.17) is 23.2 Å². The molecule has 0 saturated heterocycles. The number of halogens is 2. The second kappa shape index (κ2) is 4.49. The van der Waals surface area contributed by atoms with Crippen LogP contribution in [0.5, 0.6) is 0 Å². The van der Waals surface area contributed by atoms with E-state index in [1.54, 1.807) is 18.2 Å². The molecule has 13 heavy (non-hydrogen) atoms. The van der Waals surface area contributed by atoms with E-state index in [1.807, 2.05) is 0 Å². The summed E-state index contributed by atoms with van der Waals surface area (Å²) in [6.45, 7) is 0. The first-order valence-electron chi connectivity index (χ1n) is 3.65. The molecule has 0 amide bonds. The number of rotatable bonds is 2.